The minimum absolute atomic E-state index is 0.0920. The van der Waals surface area contributed by atoms with Crippen LogP contribution in [0.15, 0.2) is 30.3 Å². The van der Waals surface area contributed by atoms with E-state index in [9.17, 15) is 22.4 Å². The quantitative estimate of drug-likeness (QED) is 0.653. The van der Waals surface area contributed by atoms with Gasteiger partial charge in [0.15, 0.2) is 11.6 Å². The Kier molecular flexibility index (Phi) is 5.75. The molecule has 1 aromatic heterocycles. The molecule has 2 aromatic rings. The van der Waals surface area contributed by atoms with Crippen LogP contribution in [0, 0.1) is 5.82 Å². The summed E-state index contributed by atoms with van der Waals surface area (Å²) in [5.41, 5.74) is -1.21. The molecule has 1 spiro atoms. The number of benzene rings is 1. The van der Waals surface area contributed by atoms with Gasteiger partial charge in [-0.1, -0.05) is 0 Å². The second-order valence-electron chi connectivity index (χ2n) is 9.79. The van der Waals surface area contributed by atoms with E-state index in [1.807, 2.05) is 0 Å². The van der Waals surface area contributed by atoms with Gasteiger partial charge in [0, 0.05) is 30.9 Å². The molecule has 5 nitrogen and oxygen atoms in total. The number of fused-ring (bicyclic) bond motifs is 2. The third kappa shape index (κ3) is 4.23. The molecule has 0 radical (unpaired) electrons. The Bertz CT molecular complexity index is 1050. The molecule has 1 amide bonds. The van der Waals surface area contributed by atoms with Crippen molar-refractivity contribution in [3.63, 3.8) is 0 Å². The predicted octanol–water partition coefficient (Wildman–Crippen LogP) is 4.90. The van der Waals surface area contributed by atoms with Gasteiger partial charge in [0.2, 0.25) is 0 Å². The normalized spacial score (nSPS) is 19.6. The van der Waals surface area contributed by atoms with E-state index < -0.39 is 28.8 Å². The molecule has 180 valence electrons. The highest BCUT2D eigenvalue weighted by atomic mass is 19.4. The number of hydrogen-bond acceptors (Lipinski definition) is 3. The van der Waals surface area contributed by atoms with E-state index in [1.165, 1.54) is 22.8 Å². The van der Waals surface area contributed by atoms with Crippen molar-refractivity contribution in [3.8, 4) is 5.75 Å². The fourth-order valence-electron chi connectivity index (χ4n) is 4.93. The van der Waals surface area contributed by atoms with Crippen molar-refractivity contribution in [1.82, 2.24) is 14.8 Å². The molecule has 1 saturated heterocycles. The highest BCUT2D eigenvalue weighted by Gasteiger charge is 2.49. The number of carbonyl (C=O) groups is 1. The minimum Gasteiger partial charge on any atom is -0.488 e. The van der Waals surface area contributed by atoms with Crippen molar-refractivity contribution < 1.29 is 27.1 Å². The van der Waals surface area contributed by atoms with Gasteiger partial charge in [0.1, 0.15) is 5.69 Å². The van der Waals surface area contributed by atoms with Gasteiger partial charge in [-0.05, 0) is 70.9 Å². The summed E-state index contributed by atoms with van der Waals surface area (Å²) < 4.78 is 62.1. The summed E-state index contributed by atoms with van der Waals surface area (Å²) in [6.07, 6.45) is -3.70. The molecule has 1 fully saturated rings. The van der Waals surface area contributed by atoms with Crippen LogP contribution >= 0.6 is 0 Å². The average molecular weight is 468 g/mol. The van der Waals surface area contributed by atoms with E-state index >= 15 is 0 Å². The molecular weight excluding hydrogens is 438 g/mol. The lowest BCUT2D eigenvalue weighted by molar-refractivity contribution is -0.146. The standard InChI is InChI=1S/C24H29F4N3O2/c1-15(2)33-18-6-5-16(13-17(18)25)21(32)30-11-9-23(10-12-30)19-7-8-20(24(26,27)28)31(19)22(3,4)14-29-23/h5-8,13,15,29H,9-12,14H2,1-4H3. The van der Waals surface area contributed by atoms with Crippen LogP contribution < -0.4 is 10.1 Å². The van der Waals surface area contributed by atoms with E-state index in [0.717, 1.165) is 6.07 Å². The van der Waals surface area contributed by atoms with Crippen LogP contribution in [0.1, 0.15) is 62.3 Å². The first-order valence-electron chi connectivity index (χ1n) is 11.1. The van der Waals surface area contributed by atoms with Crippen LogP contribution in [0.3, 0.4) is 0 Å². The zero-order valence-electron chi connectivity index (χ0n) is 19.2. The molecule has 3 heterocycles. The molecule has 4 rings (SSSR count). The lowest BCUT2D eigenvalue weighted by Crippen LogP contribution is -2.61. The highest BCUT2D eigenvalue weighted by Crippen LogP contribution is 2.44. The van der Waals surface area contributed by atoms with Crippen LogP contribution in [0.5, 0.6) is 5.75 Å². The van der Waals surface area contributed by atoms with Crippen molar-refractivity contribution in [1.29, 1.82) is 0 Å². The van der Waals surface area contributed by atoms with Crippen LogP contribution in [-0.4, -0.2) is 41.1 Å². The van der Waals surface area contributed by atoms with E-state index in [2.05, 4.69) is 5.32 Å². The van der Waals surface area contributed by atoms with Gasteiger partial charge in [-0.15, -0.1) is 0 Å². The number of likely N-dealkylation sites (tertiary alicyclic amines) is 1. The zero-order valence-corrected chi connectivity index (χ0v) is 19.2. The average Bonchev–Trinajstić information content (AvgIpc) is 3.21. The summed E-state index contributed by atoms with van der Waals surface area (Å²) in [4.78, 5) is 14.6. The maximum atomic E-state index is 14.4. The molecule has 0 bridgehead atoms. The van der Waals surface area contributed by atoms with Crippen LogP contribution in [-0.2, 0) is 17.3 Å². The second kappa shape index (κ2) is 8.04. The van der Waals surface area contributed by atoms with Gasteiger partial charge in [-0.25, -0.2) is 4.39 Å². The lowest BCUT2D eigenvalue weighted by Gasteiger charge is -2.50. The Morgan fingerprint density at radius 3 is 2.36 bits per heavy atom. The van der Waals surface area contributed by atoms with Gasteiger partial charge in [0.25, 0.3) is 5.91 Å². The van der Waals surface area contributed by atoms with Gasteiger partial charge in [0.05, 0.1) is 17.2 Å². The predicted molar refractivity (Wildman–Crippen MR) is 116 cm³/mol. The van der Waals surface area contributed by atoms with Gasteiger partial charge >= 0.3 is 6.18 Å². The van der Waals surface area contributed by atoms with Crippen molar-refractivity contribution >= 4 is 5.91 Å². The number of ether oxygens (including phenoxy) is 1. The first-order valence-corrected chi connectivity index (χ1v) is 11.1. The molecule has 33 heavy (non-hydrogen) atoms. The molecule has 0 unspecified atom stereocenters. The van der Waals surface area contributed by atoms with Crippen molar-refractivity contribution in [2.75, 3.05) is 19.6 Å². The number of rotatable bonds is 3. The zero-order chi connectivity index (χ0) is 24.2. The topological polar surface area (TPSA) is 46.5 Å². The molecule has 0 atom stereocenters. The smallest absolute Gasteiger partial charge is 0.431 e. The van der Waals surface area contributed by atoms with E-state index in [1.54, 1.807) is 38.7 Å². The molecule has 0 aliphatic carbocycles. The Balaban J connectivity index is 1.54. The van der Waals surface area contributed by atoms with Gasteiger partial charge in [-0.2, -0.15) is 13.2 Å². The van der Waals surface area contributed by atoms with Gasteiger partial charge < -0.3 is 19.5 Å². The Hall–Kier alpha value is -2.55. The Labute approximate surface area is 190 Å². The number of carbonyl (C=O) groups excluding carboxylic acids is 1. The lowest BCUT2D eigenvalue weighted by atomic mass is 9.80. The Morgan fingerprint density at radius 2 is 1.79 bits per heavy atom. The number of nitrogens with one attached hydrogen (secondary N) is 1. The number of aromatic nitrogens is 1. The number of piperidine rings is 1. The number of amides is 1. The first kappa shape index (κ1) is 23.6. The third-order valence-corrected chi connectivity index (χ3v) is 6.57. The monoisotopic (exact) mass is 467 g/mol. The van der Waals surface area contributed by atoms with E-state index in [0.29, 0.717) is 38.2 Å². The van der Waals surface area contributed by atoms with E-state index in [-0.39, 0.29) is 23.3 Å². The number of hydrogen-bond donors (Lipinski definition) is 1. The first-order chi connectivity index (χ1) is 15.3. The molecular formula is C24H29F4N3O2. The van der Waals surface area contributed by atoms with Crippen molar-refractivity contribution in [2.45, 2.75) is 63.9 Å². The van der Waals surface area contributed by atoms with Gasteiger partial charge in [-0.3, -0.25) is 4.79 Å². The summed E-state index contributed by atoms with van der Waals surface area (Å²) in [5, 5.41) is 3.48. The Morgan fingerprint density at radius 1 is 1.12 bits per heavy atom. The molecule has 1 aromatic carbocycles. The third-order valence-electron chi connectivity index (χ3n) is 6.57. The maximum Gasteiger partial charge on any atom is 0.431 e. The maximum absolute atomic E-state index is 14.4. The fraction of sp³-hybridized carbons (Fsp3) is 0.542. The molecule has 0 saturated carbocycles. The number of nitrogens with zero attached hydrogens (tertiary/aromatic N) is 2. The molecule has 2 aliphatic rings. The largest absolute Gasteiger partial charge is 0.488 e. The summed E-state index contributed by atoms with van der Waals surface area (Å²) in [5.74, 6) is -0.812. The fourth-order valence-corrected chi connectivity index (χ4v) is 4.93. The minimum atomic E-state index is -4.44. The molecule has 9 heteroatoms. The SMILES string of the molecule is CC(C)Oc1ccc(C(=O)N2CCC3(CC2)NCC(C)(C)n2c(C(F)(F)F)ccc23)cc1F. The van der Waals surface area contributed by atoms with E-state index in [4.69, 9.17) is 4.74 Å². The second-order valence-corrected chi connectivity index (χ2v) is 9.79. The highest BCUT2D eigenvalue weighted by molar-refractivity contribution is 5.94. The van der Waals surface area contributed by atoms with Crippen LogP contribution in [0.25, 0.3) is 0 Å². The summed E-state index contributed by atoms with van der Waals surface area (Å²) >= 11 is 0. The van der Waals surface area contributed by atoms with Crippen LogP contribution in [0.2, 0.25) is 0 Å². The van der Waals surface area contributed by atoms with Crippen molar-refractivity contribution in [3.05, 3.63) is 53.1 Å². The summed E-state index contributed by atoms with van der Waals surface area (Å²) in [7, 11) is 0. The number of alkyl halides is 3. The van der Waals surface area contributed by atoms with Crippen molar-refractivity contribution in [2.24, 2.45) is 0 Å². The summed E-state index contributed by atoms with van der Waals surface area (Å²) in [6, 6.07) is 6.86. The summed E-state index contributed by atoms with van der Waals surface area (Å²) in [6.45, 7) is 8.23. The number of halogens is 4. The molecule has 1 N–H and O–H groups in total. The van der Waals surface area contributed by atoms with Crippen LogP contribution in [0.4, 0.5) is 17.6 Å². The molecule has 2 aliphatic heterocycles.